The van der Waals surface area contributed by atoms with Gasteiger partial charge in [0.05, 0.1) is 4.90 Å². The van der Waals surface area contributed by atoms with Crippen LogP contribution < -0.4 is 0 Å². The summed E-state index contributed by atoms with van der Waals surface area (Å²) in [6.45, 7) is 2.80. The highest BCUT2D eigenvalue weighted by Crippen LogP contribution is 2.16. The first-order chi connectivity index (χ1) is 8.86. The summed E-state index contributed by atoms with van der Waals surface area (Å²) in [5.41, 5.74) is 0.461. The van der Waals surface area contributed by atoms with Crippen molar-refractivity contribution < 1.29 is 13.2 Å². The van der Waals surface area contributed by atoms with Gasteiger partial charge in [-0.25, -0.2) is 8.42 Å². The van der Waals surface area contributed by atoms with E-state index >= 15 is 0 Å². The number of amides is 1. The topological polar surface area (TPSA) is 54.5 Å². The average molecular weight is 304 g/mol. The molecule has 0 unspecified atom stereocenters. The van der Waals surface area contributed by atoms with E-state index in [4.69, 9.17) is 10.7 Å². The highest BCUT2D eigenvalue weighted by atomic mass is 35.7. The molecule has 106 valence electrons. The van der Waals surface area contributed by atoms with Crippen molar-refractivity contribution in [2.24, 2.45) is 0 Å². The number of unbranched alkanes of at least 4 members (excludes halogenated alkanes) is 2. The predicted octanol–water partition coefficient (Wildman–Crippen LogP) is 2.88. The summed E-state index contributed by atoms with van der Waals surface area (Å²) in [5.74, 6) is -0.116. The molecule has 0 aromatic heterocycles. The fourth-order valence-electron chi connectivity index (χ4n) is 1.68. The Kier molecular flexibility index (Phi) is 5.82. The van der Waals surface area contributed by atoms with Crippen LogP contribution in [-0.4, -0.2) is 32.8 Å². The maximum atomic E-state index is 12.0. The Bertz CT molecular complexity index is 525. The first kappa shape index (κ1) is 16.0. The molecule has 0 radical (unpaired) electrons. The second-order valence-corrected chi connectivity index (χ2v) is 6.96. The molecule has 4 nitrogen and oxygen atoms in total. The Morgan fingerprint density at radius 3 is 2.26 bits per heavy atom. The van der Waals surface area contributed by atoms with Crippen LogP contribution in [0.15, 0.2) is 29.2 Å². The Morgan fingerprint density at radius 1 is 1.21 bits per heavy atom. The molecule has 0 aliphatic carbocycles. The van der Waals surface area contributed by atoms with Crippen LogP contribution in [0.25, 0.3) is 0 Å². The summed E-state index contributed by atoms with van der Waals surface area (Å²) >= 11 is 0. The van der Waals surface area contributed by atoms with E-state index in [0.29, 0.717) is 12.1 Å². The van der Waals surface area contributed by atoms with Crippen molar-refractivity contribution in [1.29, 1.82) is 0 Å². The van der Waals surface area contributed by atoms with Crippen LogP contribution in [0.4, 0.5) is 0 Å². The summed E-state index contributed by atoms with van der Waals surface area (Å²) in [5, 5.41) is 0. The van der Waals surface area contributed by atoms with Crippen LogP contribution in [0.2, 0.25) is 0 Å². The Labute approximate surface area is 118 Å². The zero-order chi connectivity index (χ0) is 14.5. The van der Waals surface area contributed by atoms with E-state index in [-0.39, 0.29) is 10.8 Å². The van der Waals surface area contributed by atoms with E-state index in [1.54, 1.807) is 11.9 Å². The van der Waals surface area contributed by atoms with Crippen LogP contribution in [0.5, 0.6) is 0 Å². The van der Waals surface area contributed by atoms with E-state index in [0.717, 1.165) is 19.3 Å². The van der Waals surface area contributed by atoms with Gasteiger partial charge in [-0.05, 0) is 30.7 Å². The lowest BCUT2D eigenvalue weighted by molar-refractivity contribution is 0.0792. The number of hydrogen-bond donors (Lipinski definition) is 0. The minimum atomic E-state index is -3.74. The molecule has 6 heteroatoms. The van der Waals surface area contributed by atoms with Crippen LogP contribution >= 0.6 is 10.7 Å². The quantitative estimate of drug-likeness (QED) is 0.600. The highest BCUT2D eigenvalue weighted by Gasteiger charge is 2.14. The van der Waals surface area contributed by atoms with Gasteiger partial charge in [-0.2, -0.15) is 0 Å². The van der Waals surface area contributed by atoms with E-state index in [9.17, 15) is 13.2 Å². The van der Waals surface area contributed by atoms with E-state index in [1.807, 2.05) is 0 Å². The molecule has 0 fully saturated rings. The smallest absolute Gasteiger partial charge is 0.261 e. The van der Waals surface area contributed by atoms with Gasteiger partial charge in [0.15, 0.2) is 0 Å². The number of benzene rings is 1. The summed E-state index contributed by atoms with van der Waals surface area (Å²) in [7, 11) is 3.22. The number of carbonyl (C=O) groups is 1. The lowest BCUT2D eigenvalue weighted by atomic mass is 10.2. The maximum absolute atomic E-state index is 12.0. The molecular formula is C13H18ClNO3S. The standard InChI is InChI=1S/C13H18ClNO3S/c1-3-4-5-10-15(2)13(16)11-6-8-12(9-7-11)19(14,17)18/h6-9H,3-5,10H2,1-2H3. The Hall–Kier alpha value is -1.07. The summed E-state index contributed by atoms with van der Waals surface area (Å²) in [6.07, 6.45) is 3.15. The van der Waals surface area contributed by atoms with Crippen molar-refractivity contribution in [3.63, 3.8) is 0 Å². The van der Waals surface area contributed by atoms with Crippen LogP contribution in [0.3, 0.4) is 0 Å². The SMILES string of the molecule is CCCCCN(C)C(=O)c1ccc(S(=O)(=O)Cl)cc1. The molecule has 0 spiro atoms. The van der Waals surface area contributed by atoms with Gasteiger partial charge < -0.3 is 4.90 Å². The van der Waals surface area contributed by atoms with Gasteiger partial charge in [0.2, 0.25) is 0 Å². The van der Waals surface area contributed by atoms with Crippen molar-refractivity contribution in [3.8, 4) is 0 Å². The predicted molar refractivity (Wildman–Crippen MR) is 76.0 cm³/mol. The monoisotopic (exact) mass is 303 g/mol. The lowest BCUT2D eigenvalue weighted by Crippen LogP contribution is -2.27. The van der Waals surface area contributed by atoms with Crippen LogP contribution in [-0.2, 0) is 9.05 Å². The van der Waals surface area contributed by atoms with E-state index in [1.165, 1.54) is 24.3 Å². The van der Waals surface area contributed by atoms with E-state index < -0.39 is 9.05 Å². The lowest BCUT2D eigenvalue weighted by Gasteiger charge is -2.17. The van der Waals surface area contributed by atoms with Gasteiger partial charge in [0.25, 0.3) is 15.0 Å². The summed E-state index contributed by atoms with van der Waals surface area (Å²) in [6, 6.07) is 5.65. The number of rotatable bonds is 6. The molecular weight excluding hydrogens is 286 g/mol. The molecule has 0 saturated carbocycles. The average Bonchev–Trinajstić information content (AvgIpc) is 2.37. The van der Waals surface area contributed by atoms with Gasteiger partial charge in [-0.15, -0.1) is 0 Å². The second kappa shape index (κ2) is 6.91. The first-order valence-corrected chi connectivity index (χ1v) is 8.47. The molecule has 0 heterocycles. The molecule has 0 aliphatic heterocycles. The molecule has 0 N–H and O–H groups in total. The number of hydrogen-bond acceptors (Lipinski definition) is 3. The van der Waals surface area contributed by atoms with Crippen molar-refractivity contribution in [2.45, 2.75) is 31.1 Å². The fourth-order valence-corrected chi connectivity index (χ4v) is 2.45. The molecule has 1 rings (SSSR count). The largest absolute Gasteiger partial charge is 0.342 e. The highest BCUT2D eigenvalue weighted by molar-refractivity contribution is 8.13. The first-order valence-electron chi connectivity index (χ1n) is 6.16. The zero-order valence-corrected chi connectivity index (χ0v) is 12.7. The summed E-state index contributed by atoms with van der Waals surface area (Å²) < 4.78 is 22.2. The fraction of sp³-hybridized carbons (Fsp3) is 0.462. The molecule has 1 aromatic rings. The second-order valence-electron chi connectivity index (χ2n) is 4.40. The molecule has 0 aliphatic rings. The van der Waals surface area contributed by atoms with Crippen LogP contribution in [0.1, 0.15) is 36.5 Å². The number of carbonyl (C=O) groups excluding carboxylic acids is 1. The van der Waals surface area contributed by atoms with Gasteiger partial charge in [0.1, 0.15) is 0 Å². The van der Waals surface area contributed by atoms with Gasteiger partial charge >= 0.3 is 0 Å². The molecule has 1 aromatic carbocycles. The molecule has 19 heavy (non-hydrogen) atoms. The van der Waals surface area contributed by atoms with Crippen molar-refractivity contribution in [2.75, 3.05) is 13.6 Å². The van der Waals surface area contributed by atoms with E-state index in [2.05, 4.69) is 6.92 Å². The third-order valence-corrected chi connectivity index (χ3v) is 4.20. The van der Waals surface area contributed by atoms with Crippen molar-refractivity contribution in [1.82, 2.24) is 4.90 Å². The third kappa shape index (κ3) is 4.84. The van der Waals surface area contributed by atoms with Gasteiger partial charge in [0, 0.05) is 29.8 Å². The minimum Gasteiger partial charge on any atom is -0.342 e. The Balaban J connectivity index is 2.73. The molecule has 0 saturated heterocycles. The number of nitrogens with zero attached hydrogens (tertiary/aromatic N) is 1. The van der Waals surface area contributed by atoms with Gasteiger partial charge in [-0.3, -0.25) is 4.79 Å². The maximum Gasteiger partial charge on any atom is 0.261 e. The molecule has 1 amide bonds. The van der Waals surface area contributed by atoms with Gasteiger partial charge in [-0.1, -0.05) is 19.8 Å². The molecule has 0 atom stereocenters. The minimum absolute atomic E-state index is 0.000599. The number of halogens is 1. The van der Waals surface area contributed by atoms with Crippen molar-refractivity contribution in [3.05, 3.63) is 29.8 Å². The Morgan fingerprint density at radius 2 is 1.79 bits per heavy atom. The normalized spacial score (nSPS) is 11.3. The molecule has 0 bridgehead atoms. The van der Waals surface area contributed by atoms with Crippen LogP contribution in [0, 0.1) is 0 Å². The third-order valence-electron chi connectivity index (χ3n) is 2.83. The zero-order valence-electron chi connectivity index (χ0n) is 11.1. The summed E-state index contributed by atoms with van der Waals surface area (Å²) in [4.78, 5) is 13.7. The van der Waals surface area contributed by atoms with Crippen molar-refractivity contribution >= 4 is 25.6 Å².